The van der Waals surface area contributed by atoms with E-state index in [2.05, 4.69) is 21.0 Å². The molecule has 0 saturated carbocycles. The van der Waals surface area contributed by atoms with E-state index in [4.69, 9.17) is 4.74 Å². The van der Waals surface area contributed by atoms with Gasteiger partial charge in [0.15, 0.2) is 0 Å². The number of carbonyl (C=O) groups excluding carboxylic acids is 2. The van der Waals surface area contributed by atoms with Gasteiger partial charge >= 0.3 is 5.97 Å². The molecule has 1 atom stereocenters. The summed E-state index contributed by atoms with van der Waals surface area (Å²) in [6.45, 7) is 4.46. The highest BCUT2D eigenvalue weighted by molar-refractivity contribution is 9.10. The monoisotopic (exact) mass is 377 g/mol. The molecule has 0 aliphatic carbocycles. The van der Waals surface area contributed by atoms with Crippen LogP contribution < -0.4 is 4.90 Å². The van der Waals surface area contributed by atoms with Gasteiger partial charge in [-0.15, -0.1) is 0 Å². The van der Waals surface area contributed by atoms with Gasteiger partial charge in [-0.3, -0.25) is 9.48 Å². The molecule has 6 nitrogen and oxygen atoms in total. The fourth-order valence-electron chi connectivity index (χ4n) is 2.73. The van der Waals surface area contributed by atoms with E-state index in [1.54, 1.807) is 16.5 Å². The van der Waals surface area contributed by atoms with Crippen molar-refractivity contribution < 1.29 is 14.3 Å². The number of benzene rings is 1. The summed E-state index contributed by atoms with van der Waals surface area (Å²) >= 11 is 3.39. The lowest BCUT2D eigenvalue weighted by molar-refractivity contribution is 0.0522. The largest absolute Gasteiger partial charge is 0.462 e. The molecule has 0 unspecified atom stereocenters. The van der Waals surface area contributed by atoms with E-state index in [1.807, 2.05) is 31.2 Å². The molecule has 23 heavy (non-hydrogen) atoms. The predicted octanol–water partition coefficient (Wildman–Crippen LogP) is 2.87. The number of amides is 1. The van der Waals surface area contributed by atoms with E-state index in [9.17, 15) is 9.59 Å². The molecule has 1 aromatic carbocycles. The maximum absolute atomic E-state index is 12.9. The maximum Gasteiger partial charge on any atom is 0.342 e. The van der Waals surface area contributed by atoms with Crippen LogP contribution in [0.2, 0.25) is 0 Å². The summed E-state index contributed by atoms with van der Waals surface area (Å²) in [5.41, 5.74) is 1.28. The minimum absolute atomic E-state index is 0.0638. The summed E-state index contributed by atoms with van der Waals surface area (Å²) in [6, 6.07) is 7.44. The van der Waals surface area contributed by atoms with Crippen LogP contribution in [0.1, 0.15) is 34.7 Å². The zero-order chi connectivity index (χ0) is 16.6. The predicted molar refractivity (Wildman–Crippen MR) is 88.6 cm³/mol. The molecular formula is C16H16BrN3O3. The summed E-state index contributed by atoms with van der Waals surface area (Å²) < 4.78 is 7.53. The molecule has 1 amide bonds. The molecule has 2 heterocycles. The Morgan fingerprint density at radius 3 is 2.74 bits per heavy atom. The van der Waals surface area contributed by atoms with Gasteiger partial charge < -0.3 is 9.64 Å². The molecule has 0 spiro atoms. The number of esters is 1. The number of nitrogens with zero attached hydrogens (tertiary/aromatic N) is 3. The second-order valence-corrected chi connectivity index (χ2v) is 6.23. The van der Waals surface area contributed by atoms with Gasteiger partial charge in [-0.1, -0.05) is 15.9 Å². The SMILES string of the molecule is CCOC(=O)c1cnn2c1C(=O)N(c1ccc(Br)cc1)[C@@H](C)C2. The van der Waals surface area contributed by atoms with Crippen molar-refractivity contribution in [1.29, 1.82) is 0 Å². The van der Waals surface area contributed by atoms with E-state index in [0.717, 1.165) is 10.2 Å². The lowest BCUT2D eigenvalue weighted by Crippen LogP contribution is -2.47. The van der Waals surface area contributed by atoms with Gasteiger partial charge in [-0.25, -0.2) is 4.79 Å². The van der Waals surface area contributed by atoms with E-state index in [0.29, 0.717) is 6.54 Å². The fourth-order valence-corrected chi connectivity index (χ4v) is 2.99. The highest BCUT2D eigenvalue weighted by Gasteiger charge is 2.36. The van der Waals surface area contributed by atoms with Crippen molar-refractivity contribution >= 4 is 33.5 Å². The molecule has 1 aliphatic rings. The van der Waals surface area contributed by atoms with Crippen molar-refractivity contribution in [3.8, 4) is 0 Å². The molecular weight excluding hydrogens is 362 g/mol. The first-order valence-electron chi connectivity index (χ1n) is 7.35. The Morgan fingerprint density at radius 2 is 2.09 bits per heavy atom. The topological polar surface area (TPSA) is 64.4 Å². The number of ether oxygens (including phenoxy) is 1. The third-order valence-electron chi connectivity index (χ3n) is 3.74. The van der Waals surface area contributed by atoms with Gasteiger partial charge in [0.25, 0.3) is 5.91 Å². The van der Waals surface area contributed by atoms with Crippen molar-refractivity contribution in [2.45, 2.75) is 26.4 Å². The highest BCUT2D eigenvalue weighted by atomic mass is 79.9. The molecule has 120 valence electrons. The molecule has 0 N–H and O–H groups in total. The second-order valence-electron chi connectivity index (χ2n) is 5.31. The van der Waals surface area contributed by atoms with Crippen molar-refractivity contribution in [3.63, 3.8) is 0 Å². The Morgan fingerprint density at radius 1 is 1.39 bits per heavy atom. The lowest BCUT2D eigenvalue weighted by Gasteiger charge is -2.34. The van der Waals surface area contributed by atoms with Crippen molar-refractivity contribution in [2.24, 2.45) is 0 Å². The number of hydrogen-bond acceptors (Lipinski definition) is 4. The number of halogens is 1. The van der Waals surface area contributed by atoms with Gasteiger partial charge in [0.1, 0.15) is 11.3 Å². The van der Waals surface area contributed by atoms with E-state index in [-0.39, 0.29) is 29.8 Å². The molecule has 1 aliphatic heterocycles. The van der Waals surface area contributed by atoms with Gasteiger partial charge in [-0.05, 0) is 38.1 Å². The quantitative estimate of drug-likeness (QED) is 0.771. The number of hydrogen-bond donors (Lipinski definition) is 0. The average Bonchev–Trinajstić information content (AvgIpc) is 2.93. The Bertz CT molecular complexity index is 754. The van der Waals surface area contributed by atoms with E-state index in [1.165, 1.54) is 6.20 Å². The van der Waals surface area contributed by atoms with Crippen LogP contribution in [0.4, 0.5) is 5.69 Å². The van der Waals surface area contributed by atoms with Crippen LogP contribution in [0, 0.1) is 0 Å². The zero-order valence-electron chi connectivity index (χ0n) is 12.8. The van der Waals surface area contributed by atoms with Crippen LogP contribution >= 0.6 is 15.9 Å². The van der Waals surface area contributed by atoms with Crippen molar-refractivity contribution in [1.82, 2.24) is 9.78 Å². The first-order valence-corrected chi connectivity index (χ1v) is 8.14. The number of anilines is 1. The summed E-state index contributed by atoms with van der Waals surface area (Å²) in [5.74, 6) is -0.765. The van der Waals surface area contributed by atoms with Crippen LogP contribution in [-0.2, 0) is 11.3 Å². The van der Waals surface area contributed by atoms with E-state index >= 15 is 0 Å². The van der Waals surface area contributed by atoms with Crippen LogP contribution in [-0.4, -0.2) is 34.3 Å². The normalized spacial score (nSPS) is 17.1. The van der Waals surface area contributed by atoms with Crippen LogP contribution in [0.5, 0.6) is 0 Å². The smallest absolute Gasteiger partial charge is 0.342 e. The van der Waals surface area contributed by atoms with Crippen molar-refractivity contribution in [2.75, 3.05) is 11.5 Å². The Balaban J connectivity index is 2.02. The van der Waals surface area contributed by atoms with E-state index < -0.39 is 5.97 Å². The van der Waals surface area contributed by atoms with Crippen LogP contribution in [0.15, 0.2) is 34.9 Å². The zero-order valence-corrected chi connectivity index (χ0v) is 14.4. The third-order valence-corrected chi connectivity index (χ3v) is 4.27. The first kappa shape index (κ1) is 15.7. The molecule has 3 rings (SSSR count). The van der Waals surface area contributed by atoms with Gasteiger partial charge in [-0.2, -0.15) is 5.10 Å². The minimum atomic E-state index is -0.521. The molecule has 7 heteroatoms. The third kappa shape index (κ3) is 2.76. The standard InChI is InChI=1S/C16H16BrN3O3/c1-3-23-16(22)13-8-18-19-9-10(2)20(15(21)14(13)19)12-6-4-11(17)5-7-12/h4-8,10H,3,9H2,1-2H3/t10-/m0/s1. The van der Waals surface area contributed by atoms with Crippen molar-refractivity contribution in [3.05, 3.63) is 46.2 Å². The number of fused-ring (bicyclic) bond motifs is 1. The van der Waals surface area contributed by atoms with Crippen LogP contribution in [0.25, 0.3) is 0 Å². The Hall–Kier alpha value is -2.15. The first-order chi connectivity index (χ1) is 11.0. The molecule has 0 saturated heterocycles. The average molecular weight is 378 g/mol. The molecule has 0 bridgehead atoms. The summed E-state index contributed by atoms with van der Waals surface area (Å²) in [6.07, 6.45) is 1.41. The van der Waals surface area contributed by atoms with Gasteiger partial charge in [0, 0.05) is 10.2 Å². The molecule has 2 aromatic rings. The van der Waals surface area contributed by atoms with Gasteiger partial charge in [0.2, 0.25) is 0 Å². The molecule has 0 fully saturated rings. The van der Waals surface area contributed by atoms with Crippen LogP contribution in [0.3, 0.4) is 0 Å². The maximum atomic E-state index is 12.9. The molecule has 0 radical (unpaired) electrons. The summed E-state index contributed by atoms with van der Waals surface area (Å²) in [4.78, 5) is 26.7. The second kappa shape index (κ2) is 6.16. The Labute approximate surface area is 142 Å². The number of carbonyl (C=O) groups is 2. The van der Waals surface area contributed by atoms with Gasteiger partial charge in [0.05, 0.1) is 25.4 Å². The number of rotatable bonds is 3. The summed E-state index contributed by atoms with van der Waals surface area (Å²) in [7, 11) is 0. The fraction of sp³-hybridized carbons (Fsp3) is 0.312. The minimum Gasteiger partial charge on any atom is -0.462 e. The highest BCUT2D eigenvalue weighted by Crippen LogP contribution is 2.28. The summed E-state index contributed by atoms with van der Waals surface area (Å²) in [5, 5.41) is 4.16. The Kier molecular flexibility index (Phi) is 4.21. The molecule has 1 aromatic heterocycles. The number of aromatic nitrogens is 2. The lowest BCUT2D eigenvalue weighted by atomic mass is 10.1.